The second-order valence-corrected chi connectivity index (χ2v) is 6.54. The molecule has 98 valence electrons. The summed E-state index contributed by atoms with van der Waals surface area (Å²) in [5.41, 5.74) is 6.08. The van der Waals surface area contributed by atoms with Crippen LogP contribution in [0, 0.1) is 11.8 Å². The molecule has 1 aliphatic heterocycles. The van der Waals surface area contributed by atoms with Crippen LogP contribution >= 0.6 is 11.8 Å². The van der Waals surface area contributed by atoms with Gasteiger partial charge in [-0.25, -0.2) is 0 Å². The highest BCUT2D eigenvalue weighted by molar-refractivity contribution is 7.99. The Morgan fingerprint density at radius 3 is 2.71 bits per heavy atom. The molecule has 2 fully saturated rings. The van der Waals surface area contributed by atoms with Gasteiger partial charge < -0.3 is 10.6 Å². The smallest absolute Gasteiger partial charge is 0.191 e. The van der Waals surface area contributed by atoms with Crippen LogP contribution in [0.4, 0.5) is 0 Å². The zero-order chi connectivity index (χ0) is 12.1. The first-order valence-electron chi connectivity index (χ1n) is 6.90. The van der Waals surface area contributed by atoms with Crippen LogP contribution in [0.5, 0.6) is 0 Å². The molecule has 1 heterocycles. The van der Waals surface area contributed by atoms with Gasteiger partial charge in [0, 0.05) is 31.1 Å². The van der Waals surface area contributed by atoms with Crippen molar-refractivity contribution < 1.29 is 0 Å². The van der Waals surface area contributed by atoms with Crippen LogP contribution in [0.2, 0.25) is 0 Å². The minimum atomic E-state index is 0.765. The quantitative estimate of drug-likeness (QED) is 0.607. The Hall–Kier alpha value is -0.380. The topological polar surface area (TPSA) is 41.6 Å². The zero-order valence-electron chi connectivity index (χ0n) is 10.9. The minimum absolute atomic E-state index is 0.765. The van der Waals surface area contributed by atoms with Crippen molar-refractivity contribution in [2.75, 3.05) is 31.1 Å². The molecule has 2 atom stereocenters. The molecule has 1 saturated heterocycles. The molecule has 4 heteroatoms. The third-order valence-corrected chi connectivity index (χ3v) is 5.05. The van der Waals surface area contributed by atoms with Gasteiger partial charge in [-0.2, -0.15) is 11.8 Å². The number of hydrogen-bond acceptors (Lipinski definition) is 2. The van der Waals surface area contributed by atoms with Gasteiger partial charge in [-0.1, -0.05) is 26.2 Å². The molecule has 0 aromatic rings. The fourth-order valence-electron chi connectivity index (χ4n) is 2.77. The number of nitrogens with two attached hydrogens (primary N) is 1. The number of nitrogens with zero attached hydrogens (tertiary/aromatic N) is 2. The number of guanidine groups is 1. The Bertz CT molecular complexity index is 261. The van der Waals surface area contributed by atoms with Crippen molar-refractivity contribution >= 4 is 17.7 Å². The molecule has 0 amide bonds. The fraction of sp³-hybridized carbons (Fsp3) is 0.923. The summed E-state index contributed by atoms with van der Waals surface area (Å²) >= 11 is 2.01. The third kappa shape index (κ3) is 3.80. The SMILES string of the molecule is CC1CCCCC1CN=C(N)N1CCSCC1. The van der Waals surface area contributed by atoms with E-state index in [-0.39, 0.29) is 0 Å². The minimum Gasteiger partial charge on any atom is -0.370 e. The first-order chi connectivity index (χ1) is 8.27. The van der Waals surface area contributed by atoms with Crippen molar-refractivity contribution in [3.05, 3.63) is 0 Å². The maximum Gasteiger partial charge on any atom is 0.191 e. The van der Waals surface area contributed by atoms with E-state index in [1.807, 2.05) is 11.8 Å². The van der Waals surface area contributed by atoms with Crippen molar-refractivity contribution in [1.29, 1.82) is 0 Å². The molecule has 0 aromatic carbocycles. The van der Waals surface area contributed by atoms with Gasteiger partial charge in [-0.3, -0.25) is 4.99 Å². The van der Waals surface area contributed by atoms with E-state index >= 15 is 0 Å². The summed E-state index contributed by atoms with van der Waals surface area (Å²) in [7, 11) is 0. The van der Waals surface area contributed by atoms with Crippen molar-refractivity contribution in [1.82, 2.24) is 4.90 Å². The monoisotopic (exact) mass is 255 g/mol. The van der Waals surface area contributed by atoms with Gasteiger partial charge in [-0.05, 0) is 18.3 Å². The predicted molar refractivity (Wildman–Crippen MR) is 76.5 cm³/mol. The van der Waals surface area contributed by atoms with Crippen LogP contribution in [0.3, 0.4) is 0 Å². The molecular weight excluding hydrogens is 230 g/mol. The highest BCUT2D eigenvalue weighted by Gasteiger charge is 2.21. The molecule has 2 aliphatic rings. The Labute approximate surface area is 109 Å². The zero-order valence-corrected chi connectivity index (χ0v) is 11.7. The Kier molecular flexibility index (Phi) is 5.01. The molecular formula is C13H25N3S. The lowest BCUT2D eigenvalue weighted by molar-refractivity contribution is 0.263. The average molecular weight is 255 g/mol. The molecule has 0 spiro atoms. The maximum absolute atomic E-state index is 6.08. The molecule has 0 aromatic heterocycles. The molecule has 2 N–H and O–H groups in total. The van der Waals surface area contributed by atoms with Crippen molar-refractivity contribution in [2.24, 2.45) is 22.6 Å². The first kappa shape index (κ1) is 13.1. The summed E-state index contributed by atoms with van der Waals surface area (Å²) in [6.45, 7) is 5.45. The standard InChI is InChI=1S/C13H25N3S/c1-11-4-2-3-5-12(11)10-15-13(14)16-6-8-17-9-7-16/h11-12H,2-10H2,1H3,(H2,14,15). The van der Waals surface area contributed by atoms with E-state index in [1.165, 1.54) is 37.2 Å². The molecule has 0 radical (unpaired) electrons. The van der Waals surface area contributed by atoms with Crippen LogP contribution in [0.15, 0.2) is 4.99 Å². The molecule has 0 bridgehead atoms. The number of thioether (sulfide) groups is 1. The van der Waals surface area contributed by atoms with Crippen molar-refractivity contribution in [2.45, 2.75) is 32.6 Å². The molecule has 1 saturated carbocycles. The largest absolute Gasteiger partial charge is 0.370 e. The highest BCUT2D eigenvalue weighted by atomic mass is 32.2. The van der Waals surface area contributed by atoms with Crippen LogP contribution in [-0.2, 0) is 0 Å². The second kappa shape index (κ2) is 6.53. The Morgan fingerprint density at radius 2 is 2.00 bits per heavy atom. The number of rotatable bonds is 2. The predicted octanol–water partition coefficient (Wildman–Crippen LogP) is 2.18. The summed E-state index contributed by atoms with van der Waals surface area (Å²) in [6.07, 6.45) is 5.50. The molecule has 17 heavy (non-hydrogen) atoms. The summed E-state index contributed by atoms with van der Waals surface area (Å²) in [4.78, 5) is 6.87. The lowest BCUT2D eigenvalue weighted by Crippen LogP contribution is -2.43. The second-order valence-electron chi connectivity index (χ2n) is 5.32. The van der Waals surface area contributed by atoms with E-state index in [2.05, 4.69) is 16.8 Å². The van der Waals surface area contributed by atoms with Gasteiger partial charge in [-0.15, -0.1) is 0 Å². The summed E-state index contributed by atoms with van der Waals surface area (Å²) in [6, 6.07) is 0. The van der Waals surface area contributed by atoms with Gasteiger partial charge in [0.05, 0.1) is 0 Å². The van der Waals surface area contributed by atoms with Gasteiger partial charge in [0.15, 0.2) is 5.96 Å². The van der Waals surface area contributed by atoms with Crippen LogP contribution in [0.25, 0.3) is 0 Å². The lowest BCUT2D eigenvalue weighted by atomic mass is 9.80. The van der Waals surface area contributed by atoms with E-state index in [4.69, 9.17) is 5.73 Å². The van der Waals surface area contributed by atoms with Gasteiger partial charge in [0.1, 0.15) is 0 Å². The average Bonchev–Trinajstić information content (AvgIpc) is 2.38. The lowest BCUT2D eigenvalue weighted by Gasteiger charge is -2.29. The van der Waals surface area contributed by atoms with E-state index in [0.29, 0.717) is 0 Å². The van der Waals surface area contributed by atoms with Crippen molar-refractivity contribution in [3.63, 3.8) is 0 Å². The van der Waals surface area contributed by atoms with Crippen LogP contribution in [-0.4, -0.2) is 42.0 Å². The van der Waals surface area contributed by atoms with Crippen molar-refractivity contribution in [3.8, 4) is 0 Å². The number of hydrogen-bond donors (Lipinski definition) is 1. The van der Waals surface area contributed by atoms with E-state index in [1.54, 1.807) is 0 Å². The Morgan fingerprint density at radius 1 is 1.29 bits per heavy atom. The maximum atomic E-state index is 6.08. The molecule has 2 unspecified atom stereocenters. The summed E-state index contributed by atoms with van der Waals surface area (Å²) in [5.74, 6) is 4.76. The molecule has 3 nitrogen and oxygen atoms in total. The van der Waals surface area contributed by atoms with Crippen LogP contribution in [0.1, 0.15) is 32.6 Å². The summed E-state index contributed by atoms with van der Waals surface area (Å²) < 4.78 is 0. The first-order valence-corrected chi connectivity index (χ1v) is 8.05. The van der Waals surface area contributed by atoms with Gasteiger partial charge in [0.25, 0.3) is 0 Å². The van der Waals surface area contributed by atoms with E-state index in [9.17, 15) is 0 Å². The third-order valence-electron chi connectivity index (χ3n) is 4.11. The van der Waals surface area contributed by atoms with Crippen LogP contribution < -0.4 is 5.73 Å². The van der Waals surface area contributed by atoms with E-state index < -0.39 is 0 Å². The highest BCUT2D eigenvalue weighted by Crippen LogP contribution is 2.29. The Balaban J connectivity index is 1.81. The fourth-order valence-corrected chi connectivity index (χ4v) is 3.67. The molecule has 2 rings (SSSR count). The van der Waals surface area contributed by atoms with Gasteiger partial charge >= 0.3 is 0 Å². The molecule has 1 aliphatic carbocycles. The normalized spacial score (nSPS) is 31.6. The van der Waals surface area contributed by atoms with E-state index in [0.717, 1.165) is 37.4 Å². The summed E-state index contributed by atoms with van der Waals surface area (Å²) in [5, 5.41) is 0. The van der Waals surface area contributed by atoms with Gasteiger partial charge in [0.2, 0.25) is 0 Å². The number of aliphatic imine (C=N–C) groups is 1.